The molecule has 0 radical (unpaired) electrons. The van der Waals surface area contributed by atoms with Crippen molar-refractivity contribution in [3.05, 3.63) is 81.8 Å². The number of hydrogen-bond acceptors (Lipinski definition) is 7. The number of benzene rings is 2. The molecule has 0 bridgehead atoms. The van der Waals surface area contributed by atoms with Crippen molar-refractivity contribution in [2.45, 2.75) is 0 Å². The summed E-state index contributed by atoms with van der Waals surface area (Å²) in [5.74, 6) is 0.975. The van der Waals surface area contributed by atoms with Gasteiger partial charge in [0.05, 0.1) is 9.83 Å². The number of nitro groups is 1. The zero-order chi connectivity index (χ0) is 21.5. The van der Waals surface area contributed by atoms with Gasteiger partial charge in [-0.3, -0.25) is 19.8 Å². The molecular weight excluding hydrogens is 424 g/mol. The van der Waals surface area contributed by atoms with Crippen molar-refractivity contribution in [2.24, 2.45) is 0 Å². The number of thiocarbonyl (C=S) groups is 1. The molecule has 30 heavy (non-hydrogen) atoms. The Bertz CT molecular complexity index is 1000. The summed E-state index contributed by atoms with van der Waals surface area (Å²) in [6.45, 7) is 4.54. The summed E-state index contributed by atoms with van der Waals surface area (Å²) in [6.07, 6.45) is 3.39. The summed E-state index contributed by atoms with van der Waals surface area (Å²) >= 11 is 6.50. The lowest BCUT2D eigenvalue weighted by Gasteiger charge is -2.11. The third-order valence-corrected chi connectivity index (χ3v) is 5.43. The number of nitro benzene ring substituents is 1. The van der Waals surface area contributed by atoms with E-state index >= 15 is 0 Å². The molecule has 1 aliphatic heterocycles. The first-order valence-electron chi connectivity index (χ1n) is 8.95. The van der Waals surface area contributed by atoms with E-state index in [0.717, 1.165) is 5.56 Å². The number of non-ortho nitro benzene ring substituents is 1. The van der Waals surface area contributed by atoms with Crippen LogP contribution in [0.15, 0.2) is 66.1 Å². The zero-order valence-electron chi connectivity index (χ0n) is 15.9. The summed E-state index contributed by atoms with van der Waals surface area (Å²) in [4.78, 5) is 24.7. The minimum absolute atomic E-state index is 0.00559. The average molecular weight is 443 g/mol. The Morgan fingerprint density at radius 3 is 2.53 bits per heavy atom. The highest BCUT2D eigenvalue weighted by atomic mass is 32.2. The van der Waals surface area contributed by atoms with Gasteiger partial charge in [-0.1, -0.05) is 48.3 Å². The molecule has 2 aromatic rings. The Morgan fingerprint density at radius 1 is 1.13 bits per heavy atom. The predicted octanol–water partition coefficient (Wildman–Crippen LogP) is 4.44. The van der Waals surface area contributed by atoms with Gasteiger partial charge < -0.3 is 9.47 Å². The fraction of sp³-hybridized carbons (Fsp3) is 0.143. The van der Waals surface area contributed by atoms with E-state index in [1.165, 1.54) is 40.9 Å². The third kappa shape index (κ3) is 5.25. The van der Waals surface area contributed by atoms with Gasteiger partial charge >= 0.3 is 0 Å². The molecule has 7 nitrogen and oxygen atoms in total. The summed E-state index contributed by atoms with van der Waals surface area (Å²) in [6, 6.07) is 13.2. The van der Waals surface area contributed by atoms with Crippen molar-refractivity contribution in [2.75, 3.05) is 19.8 Å². The van der Waals surface area contributed by atoms with E-state index in [0.29, 0.717) is 27.3 Å². The van der Waals surface area contributed by atoms with E-state index in [9.17, 15) is 14.9 Å². The van der Waals surface area contributed by atoms with Crippen LogP contribution >= 0.6 is 24.0 Å². The van der Waals surface area contributed by atoms with Crippen LogP contribution in [0, 0.1) is 10.1 Å². The van der Waals surface area contributed by atoms with Gasteiger partial charge in [0.15, 0.2) is 0 Å². The van der Waals surface area contributed by atoms with Gasteiger partial charge in [0.1, 0.15) is 29.0 Å². The molecule has 0 N–H and O–H groups in total. The van der Waals surface area contributed by atoms with Crippen LogP contribution in [0.2, 0.25) is 0 Å². The van der Waals surface area contributed by atoms with E-state index in [1.54, 1.807) is 12.2 Å². The second-order valence-corrected chi connectivity index (χ2v) is 7.74. The van der Waals surface area contributed by atoms with Crippen LogP contribution in [0.3, 0.4) is 0 Å². The molecule has 0 saturated carbocycles. The second kappa shape index (κ2) is 10.0. The van der Waals surface area contributed by atoms with Crippen LogP contribution in [-0.2, 0) is 4.79 Å². The molecule has 3 rings (SSSR count). The standard InChI is InChI=1S/C21H18N2O5S2/c1-2-11-22-20(24)19(30-21(22)29)14-15-5-3-4-6-18(15)28-13-12-27-17-9-7-16(8-10-17)23(25)26/h2-10,14H,1,11-13H2/b19-14+. The molecule has 0 aliphatic carbocycles. The Labute approximate surface area is 183 Å². The number of ether oxygens (including phenoxy) is 2. The summed E-state index contributed by atoms with van der Waals surface area (Å²) in [7, 11) is 0. The minimum Gasteiger partial charge on any atom is -0.490 e. The van der Waals surface area contributed by atoms with Crippen LogP contribution in [0.4, 0.5) is 5.69 Å². The van der Waals surface area contributed by atoms with Gasteiger partial charge in [-0.25, -0.2) is 0 Å². The maximum absolute atomic E-state index is 12.5. The van der Waals surface area contributed by atoms with Gasteiger partial charge in [0.2, 0.25) is 0 Å². The first kappa shape index (κ1) is 21.5. The molecule has 1 saturated heterocycles. The molecular formula is C21H18N2O5S2. The van der Waals surface area contributed by atoms with Crippen molar-refractivity contribution in [3.8, 4) is 11.5 Å². The van der Waals surface area contributed by atoms with Crippen molar-refractivity contribution in [3.63, 3.8) is 0 Å². The van der Waals surface area contributed by atoms with Crippen LogP contribution in [0.25, 0.3) is 6.08 Å². The predicted molar refractivity (Wildman–Crippen MR) is 121 cm³/mol. The second-order valence-electron chi connectivity index (χ2n) is 6.07. The highest BCUT2D eigenvalue weighted by Gasteiger charge is 2.31. The quantitative estimate of drug-likeness (QED) is 0.142. The van der Waals surface area contributed by atoms with Crippen molar-refractivity contribution < 1.29 is 19.2 Å². The summed E-state index contributed by atoms with van der Waals surface area (Å²) in [5.41, 5.74) is 0.762. The Hall–Kier alpha value is -3.17. The highest BCUT2D eigenvalue weighted by Crippen LogP contribution is 2.34. The third-order valence-electron chi connectivity index (χ3n) is 4.05. The first-order chi connectivity index (χ1) is 14.5. The van der Waals surface area contributed by atoms with Gasteiger partial charge in [-0.15, -0.1) is 6.58 Å². The number of carbonyl (C=O) groups excluding carboxylic acids is 1. The molecule has 0 aromatic heterocycles. The van der Waals surface area contributed by atoms with Crippen LogP contribution < -0.4 is 9.47 Å². The molecule has 1 aliphatic rings. The topological polar surface area (TPSA) is 81.9 Å². The molecule has 9 heteroatoms. The molecule has 0 spiro atoms. The lowest BCUT2D eigenvalue weighted by atomic mass is 10.2. The van der Waals surface area contributed by atoms with E-state index in [1.807, 2.05) is 24.3 Å². The first-order valence-corrected chi connectivity index (χ1v) is 10.2. The number of rotatable bonds is 9. The number of carbonyl (C=O) groups is 1. The lowest BCUT2D eigenvalue weighted by Crippen LogP contribution is -2.27. The van der Waals surface area contributed by atoms with E-state index in [4.69, 9.17) is 21.7 Å². The number of para-hydroxylation sites is 1. The normalized spacial score (nSPS) is 14.8. The smallest absolute Gasteiger partial charge is 0.269 e. The van der Waals surface area contributed by atoms with E-state index < -0.39 is 4.92 Å². The molecule has 1 heterocycles. The fourth-order valence-corrected chi connectivity index (χ4v) is 3.90. The van der Waals surface area contributed by atoms with Gasteiger partial charge in [0, 0.05) is 24.2 Å². The maximum atomic E-state index is 12.5. The average Bonchev–Trinajstić information content (AvgIpc) is 3.00. The van der Waals surface area contributed by atoms with E-state index in [2.05, 4.69) is 6.58 Å². The lowest BCUT2D eigenvalue weighted by molar-refractivity contribution is -0.384. The largest absolute Gasteiger partial charge is 0.490 e. The molecule has 0 unspecified atom stereocenters. The van der Waals surface area contributed by atoms with Crippen LogP contribution in [-0.4, -0.2) is 39.8 Å². The molecule has 1 fully saturated rings. The SMILES string of the molecule is C=CCN1C(=O)/C(=C\c2ccccc2OCCOc2ccc([N+](=O)[O-])cc2)SC1=S. The summed E-state index contributed by atoms with van der Waals surface area (Å²) < 4.78 is 11.9. The number of thioether (sulfide) groups is 1. The van der Waals surface area contributed by atoms with E-state index in [-0.39, 0.29) is 24.8 Å². The zero-order valence-corrected chi connectivity index (χ0v) is 17.5. The van der Waals surface area contributed by atoms with Crippen molar-refractivity contribution >= 4 is 46.0 Å². The van der Waals surface area contributed by atoms with Crippen LogP contribution in [0.5, 0.6) is 11.5 Å². The van der Waals surface area contributed by atoms with Gasteiger partial charge in [-0.05, 0) is 24.3 Å². The number of amides is 1. The Morgan fingerprint density at radius 2 is 1.83 bits per heavy atom. The fourth-order valence-electron chi connectivity index (χ4n) is 2.63. The number of hydrogen-bond donors (Lipinski definition) is 0. The highest BCUT2D eigenvalue weighted by molar-refractivity contribution is 8.26. The monoisotopic (exact) mass is 442 g/mol. The van der Waals surface area contributed by atoms with Gasteiger partial charge in [-0.2, -0.15) is 0 Å². The maximum Gasteiger partial charge on any atom is 0.269 e. The van der Waals surface area contributed by atoms with Crippen molar-refractivity contribution in [1.82, 2.24) is 4.90 Å². The summed E-state index contributed by atoms with van der Waals surface area (Å²) in [5, 5.41) is 10.7. The minimum atomic E-state index is -0.463. The Balaban J connectivity index is 1.60. The molecule has 0 atom stereocenters. The van der Waals surface area contributed by atoms with Crippen LogP contribution in [0.1, 0.15) is 5.56 Å². The molecule has 1 amide bonds. The van der Waals surface area contributed by atoms with Crippen molar-refractivity contribution in [1.29, 1.82) is 0 Å². The molecule has 154 valence electrons. The van der Waals surface area contributed by atoms with Gasteiger partial charge in [0.25, 0.3) is 11.6 Å². The number of nitrogens with zero attached hydrogens (tertiary/aromatic N) is 2. The molecule has 2 aromatic carbocycles. The Kier molecular flexibility index (Phi) is 7.21.